The Hall–Kier alpha value is -2.31. The molecule has 2 amide bonds. The predicted molar refractivity (Wildman–Crippen MR) is 102 cm³/mol. The number of carbonyl (C=O) groups is 2. The highest BCUT2D eigenvalue weighted by Gasteiger charge is 2.27. The van der Waals surface area contributed by atoms with Gasteiger partial charge in [-0.3, -0.25) is 9.88 Å². The summed E-state index contributed by atoms with van der Waals surface area (Å²) in [6.07, 6.45) is 8.35. The molecule has 0 unspecified atom stereocenters. The molecule has 0 bridgehead atoms. The van der Waals surface area contributed by atoms with Gasteiger partial charge in [-0.15, -0.1) is 0 Å². The third-order valence-corrected chi connectivity index (χ3v) is 5.38. The van der Waals surface area contributed by atoms with E-state index < -0.39 is 0 Å². The number of hydrogen-bond donors (Lipinski definition) is 0. The van der Waals surface area contributed by atoms with Crippen molar-refractivity contribution in [2.24, 2.45) is 5.92 Å². The summed E-state index contributed by atoms with van der Waals surface area (Å²) < 4.78 is 11.2. The van der Waals surface area contributed by atoms with Gasteiger partial charge in [0.2, 0.25) is 0 Å². The van der Waals surface area contributed by atoms with Gasteiger partial charge in [-0.2, -0.15) is 0 Å². The smallest absolute Gasteiger partial charge is 0.414 e. The van der Waals surface area contributed by atoms with Crippen LogP contribution in [0.2, 0.25) is 0 Å². The average Bonchev–Trinajstić information content (AvgIpc) is 3.23. The average molecular weight is 375 g/mol. The van der Waals surface area contributed by atoms with E-state index in [1.807, 2.05) is 6.92 Å². The van der Waals surface area contributed by atoms with Crippen LogP contribution in [0, 0.1) is 5.92 Å². The Kier molecular flexibility index (Phi) is 6.90. The molecular weight excluding hydrogens is 346 g/mol. The second-order valence-electron chi connectivity index (χ2n) is 7.25. The first-order valence-electron chi connectivity index (χ1n) is 9.97. The van der Waals surface area contributed by atoms with Crippen LogP contribution in [-0.4, -0.2) is 54.4 Å². The van der Waals surface area contributed by atoms with Gasteiger partial charge in [0.05, 0.1) is 12.3 Å². The molecule has 1 aliphatic heterocycles. The Morgan fingerprint density at radius 1 is 1.15 bits per heavy atom. The van der Waals surface area contributed by atoms with E-state index in [9.17, 15) is 9.59 Å². The molecule has 0 radical (unpaired) electrons. The van der Waals surface area contributed by atoms with Crippen LogP contribution in [0.1, 0.15) is 45.4 Å². The number of pyridine rings is 1. The normalized spacial score (nSPS) is 22.3. The first-order chi connectivity index (χ1) is 13.2. The Bertz CT molecular complexity index is 611. The van der Waals surface area contributed by atoms with E-state index in [2.05, 4.69) is 4.98 Å². The van der Waals surface area contributed by atoms with Crippen LogP contribution in [0.5, 0.6) is 0 Å². The number of aromatic nitrogens is 1. The molecule has 1 saturated carbocycles. The number of ether oxygens (including phenoxy) is 2. The van der Waals surface area contributed by atoms with Crippen LogP contribution in [-0.2, 0) is 9.47 Å². The molecule has 0 N–H and O–H groups in total. The maximum Gasteiger partial charge on any atom is 0.414 e. The van der Waals surface area contributed by atoms with Gasteiger partial charge in [-0.1, -0.05) is 0 Å². The lowest BCUT2D eigenvalue weighted by Gasteiger charge is -2.30. The molecule has 0 atom stereocenters. The fourth-order valence-electron chi connectivity index (χ4n) is 3.74. The zero-order chi connectivity index (χ0) is 19.1. The van der Waals surface area contributed by atoms with Crippen molar-refractivity contribution >= 4 is 17.9 Å². The zero-order valence-electron chi connectivity index (χ0n) is 16.0. The summed E-state index contributed by atoms with van der Waals surface area (Å²) in [6.45, 7) is 4.56. The summed E-state index contributed by atoms with van der Waals surface area (Å²) in [5, 5.41) is 0. The minimum Gasteiger partial charge on any atom is -0.449 e. The Balaban J connectivity index is 1.39. The molecule has 1 aliphatic carbocycles. The van der Waals surface area contributed by atoms with E-state index in [0.717, 1.165) is 57.3 Å². The van der Waals surface area contributed by atoms with Crippen LogP contribution in [0.25, 0.3) is 0 Å². The zero-order valence-corrected chi connectivity index (χ0v) is 16.0. The molecule has 2 heterocycles. The lowest BCUT2D eigenvalue weighted by atomic mass is 9.88. The quantitative estimate of drug-likeness (QED) is 0.782. The molecule has 3 rings (SSSR count). The monoisotopic (exact) mass is 375 g/mol. The van der Waals surface area contributed by atoms with Crippen molar-refractivity contribution in [1.82, 2.24) is 9.88 Å². The van der Waals surface area contributed by atoms with E-state index in [4.69, 9.17) is 9.47 Å². The number of likely N-dealkylation sites (tertiary alicyclic amines) is 1. The van der Waals surface area contributed by atoms with E-state index in [1.165, 1.54) is 0 Å². The number of nitrogens with zero attached hydrogens (tertiary/aromatic N) is 3. The van der Waals surface area contributed by atoms with Crippen molar-refractivity contribution in [1.29, 1.82) is 0 Å². The lowest BCUT2D eigenvalue weighted by molar-refractivity contribution is 0.0473. The van der Waals surface area contributed by atoms with Gasteiger partial charge in [0, 0.05) is 32.0 Å². The number of rotatable bonds is 5. The third kappa shape index (κ3) is 5.34. The number of hydrogen-bond acceptors (Lipinski definition) is 5. The Labute approximate surface area is 160 Å². The van der Waals surface area contributed by atoms with Gasteiger partial charge in [0.15, 0.2) is 0 Å². The molecule has 0 aromatic carbocycles. The highest BCUT2D eigenvalue weighted by molar-refractivity contribution is 5.87. The second-order valence-corrected chi connectivity index (χ2v) is 7.25. The molecule has 2 fully saturated rings. The van der Waals surface area contributed by atoms with Crippen molar-refractivity contribution in [3.05, 3.63) is 24.5 Å². The number of amides is 2. The van der Waals surface area contributed by atoms with E-state index >= 15 is 0 Å². The standard InChI is InChI=1S/C20H29N3O4/c1-2-23(17-9-11-21-12-10-17)20(25)27-18-7-5-16(6-8-18)15-26-19(24)22-13-3-4-14-22/h9-12,16,18H,2-8,13-15H2,1H3. The first-order valence-corrected chi connectivity index (χ1v) is 9.97. The van der Waals surface area contributed by atoms with E-state index in [0.29, 0.717) is 19.1 Å². The number of anilines is 1. The van der Waals surface area contributed by atoms with E-state index in [-0.39, 0.29) is 18.3 Å². The fourth-order valence-corrected chi connectivity index (χ4v) is 3.74. The summed E-state index contributed by atoms with van der Waals surface area (Å²) in [5.41, 5.74) is 0.792. The maximum absolute atomic E-state index is 12.5. The van der Waals surface area contributed by atoms with Crippen molar-refractivity contribution in [2.75, 3.05) is 31.1 Å². The van der Waals surface area contributed by atoms with Crippen LogP contribution in [0.4, 0.5) is 15.3 Å². The van der Waals surface area contributed by atoms with Gasteiger partial charge in [0.25, 0.3) is 0 Å². The van der Waals surface area contributed by atoms with Crippen LogP contribution in [0.15, 0.2) is 24.5 Å². The van der Waals surface area contributed by atoms with Crippen LogP contribution >= 0.6 is 0 Å². The van der Waals surface area contributed by atoms with Crippen molar-refractivity contribution in [3.63, 3.8) is 0 Å². The summed E-state index contributed by atoms with van der Waals surface area (Å²) in [7, 11) is 0. The summed E-state index contributed by atoms with van der Waals surface area (Å²) in [4.78, 5) is 31.8. The van der Waals surface area contributed by atoms with Crippen LogP contribution < -0.4 is 4.90 Å². The topological polar surface area (TPSA) is 72.0 Å². The van der Waals surface area contributed by atoms with Gasteiger partial charge >= 0.3 is 12.2 Å². The Morgan fingerprint density at radius 2 is 1.81 bits per heavy atom. The highest BCUT2D eigenvalue weighted by Crippen LogP contribution is 2.28. The SMILES string of the molecule is CCN(C(=O)OC1CCC(COC(=O)N2CCCC2)CC1)c1ccncc1. The Morgan fingerprint density at radius 3 is 2.44 bits per heavy atom. The van der Waals surface area contributed by atoms with Gasteiger partial charge in [-0.05, 0) is 63.5 Å². The summed E-state index contributed by atoms with van der Waals surface area (Å²) in [5.74, 6) is 0.356. The van der Waals surface area contributed by atoms with Crippen LogP contribution in [0.3, 0.4) is 0 Å². The molecule has 2 aliphatic rings. The third-order valence-electron chi connectivity index (χ3n) is 5.38. The molecule has 1 aromatic rings. The predicted octanol–water partition coefficient (Wildman–Crippen LogP) is 3.84. The first kappa shape index (κ1) is 19.5. The molecule has 0 spiro atoms. The highest BCUT2D eigenvalue weighted by atomic mass is 16.6. The van der Waals surface area contributed by atoms with Crippen molar-refractivity contribution in [3.8, 4) is 0 Å². The van der Waals surface area contributed by atoms with E-state index in [1.54, 1.807) is 34.3 Å². The molecule has 27 heavy (non-hydrogen) atoms. The summed E-state index contributed by atoms with van der Waals surface area (Å²) >= 11 is 0. The van der Waals surface area contributed by atoms with Gasteiger partial charge in [0.1, 0.15) is 6.10 Å². The summed E-state index contributed by atoms with van der Waals surface area (Å²) in [6, 6.07) is 3.60. The molecule has 7 nitrogen and oxygen atoms in total. The lowest BCUT2D eigenvalue weighted by Crippen LogP contribution is -2.36. The molecule has 7 heteroatoms. The molecule has 148 valence electrons. The molecule has 1 aromatic heterocycles. The van der Waals surface area contributed by atoms with Gasteiger partial charge in [-0.25, -0.2) is 9.59 Å². The second kappa shape index (κ2) is 9.58. The minimum atomic E-state index is -0.312. The molecular formula is C20H29N3O4. The largest absolute Gasteiger partial charge is 0.449 e. The number of carbonyl (C=O) groups excluding carboxylic acids is 2. The maximum atomic E-state index is 12.5. The van der Waals surface area contributed by atoms with Gasteiger partial charge < -0.3 is 14.4 Å². The van der Waals surface area contributed by atoms with Crippen molar-refractivity contribution < 1.29 is 19.1 Å². The molecule has 1 saturated heterocycles. The minimum absolute atomic E-state index is 0.0704. The fraction of sp³-hybridized carbons (Fsp3) is 0.650. The van der Waals surface area contributed by atoms with Crippen molar-refractivity contribution in [2.45, 2.75) is 51.6 Å².